The van der Waals surface area contributed by atoms with E-state index in [1.54, 1.807) is 0 Å². The topological polar surface area (TPSA) is 86.7 Å². The van der Waals surface area contributed by atoms with Crippen LogP contribution in [0.1, 0.15) is 20.3 Å². The molecule has 0 spiro atoms. The molecule has 6 heteroatoms. The number of carboxylic acid groups (broad SMARTS) is 1. The highest BCUT2D eigenvalue weighted by atomic mass is 16.4. The summed E-state index contributed by atoms with van der Waals surface area (Å²) in [6.07, 6.45) is 0.817. The van der Waals surface area contributed by atoms with Gasteiger partial charge in [0.2, 0.25) is 5.91 Å². The maximum Gasteiger partial charge on any atom is 0.317 e. The van der Waals surface area contributed by atoms with Gasteiger partial charge >= 0.3 is 5.97 Å². The molecule has 0 aromatic heterocycles. The molecule has 6 nitrogen and oxygen atoms in total. The van der Waals surface area contributed by atoms with Gasteiger partial charge in [0.25, 0.3) is 0 Å². The Morgan fingerprint density at radius 1 is 1.19 bits per heavy atom. The first kappa shape index (κ1) is 14.6. The Kier molecular flexibility index (Phi) is 7.11. The van der Waals surface area contributed by atoms with Crippen LogP contribution in [-0.2, 0) is 14.4 Å². The lowest BCUT2D eigenvalue weighted by molar-refractivity contribution is -0.139. The highest BCUT2D eigenvalue weighted by Gasteiger charge is 2.14. The molecule has 0 atom stereocenters. The molecule has 0 fully saturated rings. The van der Waals surface area contributed by atoms with E-state index in [4.69, 9.17) is 5.11 Å². The van der Waals surface area contributed by atoms with Crippen LogP contribution in [0.5, 0.6) is 0 Å². The van der Waals surface area contributed by atoms with E-state index in [0.29, 0.717) is 6.54 Å². The molecule has 92 valence electrons. The minimum absolute atomic E-state index is 0.0220. The maximum absolute atomic E-state index is 11.3. The molecular weight excluding hydrogens is 212 g/mol. The first-order valence-electron chi connectivity index (χ1n) is 5.16. The fourth-order valence-corrected chi connectivity index (χ4v) is 1.20. The molecule has 0 aliphatic rings. The molecule has 1 amide bonds. The number of carbonyl (C=O) groups excluding carboxylic acids is 2. The molecule has 0 saturated heterocycles. The van der Waals surface area contributed by atoms with Crippen LogP contribution in [0.15, 0.2) is 0 Å². The van der Waals surface area contributed by atoms with E-state index in [1.165, 1.54) is 11.8 Å². The summed E-state index contributed by atoms with van der Waals surface area (Å²) in [6, 6.07) is 0. The lowest BCUT2D eigenvalue weighted by Crippen LogP contribution is -2.42. The summed E-state index contributed by atoms with van der Waals surface area (Å²) in [7, 11) is 0. The van der Waals surface area contributed by atoms with Crippen molar-refractivity contribution in [3.63, 3.8) is 0 Å². The van der Waals surface area contributed by atoms with Gasteiger partial charge in [0.05, 0.1) is 19.6 Å². The molecule has 2 N–H and O–H groups in total. The van der Waals surface area contributed by atoms with Gasteiger partial charge in [-0.15, -0.1) is 0 Å². The van der Waals surface area contributed by atoms with Crippen molar-refractivity contribution in [2.24, 2.45) is 0 Å². The van der Waals surface area contributed by atoms with Gasteiger partial charge in [-0.1, -0.05) is 6.92 Å². The van der Waals surface area contributed by atoms with E-state index >= 15 is 0 Å². The number of nitrogens with zero attached hydrogens (tertiary/aromatic N) is 1. The molecule has 16 heavy (non-hydrogen) atoms. The molecule has 0 unspecified atom stereocenters. The Labute approximate surface area is 94.6 Å². The van der Waals surface area contributed by atoms with Crippen LogP contribution in [-0.4, -0.2) is 53.8 Å². The van der Waals surface area contributed by atoms with Gasteiger partial charge in [0.15, 0.2) is 0 Å². The van der Waals surface area contributed by atoms with Crippen LogP contribution in [0, 0.1) is 0 Å². The van der Waals surface area contributed by atoms with Gasteiger partial charge in [-0.25, -0.2) is 0 Å². The van der Waals surface area contributed by atoms with Crippen LogP contribution >= 0.6 is 0 Å². The monoisotopic (exact) mass is 230 g/mol. The highest BCUT2D eigenvalue weighted by molar-refractivity contribution is 5.82. The molecule has 0 aliphatic heterocycles. The van der Waals surface area contributed by atoms with Crippen molar-refractivity contribution in [3.05, 3.63) is 0 Å². The van der Waals surface area contributed by atoms with Gasteiger partial charge in [-0.3, -0.25) is 19.3 Å². The quantitative estimate of drug-likeness (QED) is 0.586. The Morgan fingerprint density at radius 3 is 2.25 bits per heavy atom. The van der Waals surface area contributed by atoms with Crippen LogP contribution in [0.4, 0.5) is 0 Å². The van der Waals surface area contributed by atoms with Crippen molar-refractivity contribution in [2.75, 3.05) is 26.2 Å². The molecule has 0 rings (SSSR count). The zero-order valence-electron chi connectivity index (χ0n) is 9.65. The van der Waals surface area contributed by atoms with Gasteiger partial charge in [-0.2, -0.15) is 0 Å². The van der Waals surface area contributed by atoms with E-state index in [2.05, 4.69) is 5.32 Å². The summed E-state index contributed by atoms with van der Waals surface area (Å²) in [4.78, 5) is 34.0. The van der Waals surface area contributed by atoms with E-state index in [9.17, 15) is 14.4 Å². The fourth-order valence-electron chi connectivity index (χ4n) is 1.20. The number of hydrogen-bond donors (Lipinski definition) is 2. The van der Waals surface area contributed by atoms with E-state index in [-0.39, 0.29) is 31.3 Å². The number of rotatable bonds is 8. The number of carbonyl (C=O) groups is 3. The summed E-state index contributed by atoms with van der Waals surface area (Å²) >= 11 is 0. The van der Waals surface area contributed by atoms with Crippen molar-refractivity contribution in [3.8, 4) is 0 Å². The Balaban J connectivity index is 4.13. The van der Waals surface area contributed by atoms with Crippen LogP contribution in [0.3, 0.4) is 0 Å². The van der Waals surface area contributed by atoms with Crippen LogP contribution < -0.4 is 5.32 Å². The Morgan fingerprint density at radius 2 is 1.81 bits per heavy atom. The van der Waals surface area contributed by atoms with Gasteiger partial charge in [0.1, 0.15) is 5.78 Å². The Bertz CT molecular complexity index is 250. The number of aliphatic carboxylic acids is 1. The summed E-state index contributed by atoms with van der Waals surface area (Å²) in [5.74, 6) is -1.47. The minimum atomic E-state index is -1.05. The molecule has 0 aromatic rings. The third-order valence-corrected chi connectivity index (χ3v) is 1.74. The second kappa shape index (κ2) is 7.81. The second-order valence-corrected chi connectivity index (χ2v) is 3.59. The number of hydrogen-bond acceptors (Lipinski definition) is 4. The van der Waals surface area contributed by atoms with Gasteiger partial charge in [-0.05, 0) is 13.3 Å². The molecule has 0 radical (unpaired) electrons. The number of ketones is 1. The van der Waals surface area contributed by atoms with Crippen molar-refractivity contribution in [2.45, 2.75) is 20.3 Å². The second-order valence-electron chi connectivity index (χ2n) is 3.59. The molecular formula is C10H18N2O4. The lowest BCUT2D eigenvalue weighted by Gasteiger charge is -2.17. The predicted octanol–water partition coefficient (Wildman–Crippen LogP) is -0.512. The van der Waals surface area contributed by atoms with E-state index in [0.717, 1.165) is 6.42 Å². The molecule has 0 aromatic carbocycles. The van der Waals surface area contributed by atoms with Crippen molar-refractivity contribution >= 4 is 17.7 Å². The zero-order chi connectivity index (χ0) is 12.6. The minimum Gasteiger partial charge on any atom is -0.480 e. The first-order chi connectivity index (χ1) is 7.45. The third-order valence-electron chi connectivity index (χ3n) is 1.74. The number of amides is 1. The maximum atomic E-state index is 11.3. The van der Waals surface area contributed by atoms with Crippen molar-refractivity contribution < 1.29 is 19.5 Å². The summed E-state index contributed by atoms with van der Waals surface area (Å²) in [5.41, 5.74) is 0. The zero-order valence-corrected chi connectivity index (χ0v) is 9.65. The standard InChI is InChI=1S/C10H18N2O4/c1-3-4-11-9(14)6-12(5-8(2)13)7-10(15)16/h3-7H2,1-2H3,(H,11,14)(H,15,16). The van der Waals surface area contributed by atoms with Gasteiger partial charge < -0.3 is 10.4 Å². The normalized spacial score (nSPS) is 10.2. The Hall–Kier alpha value is -1.43. The number of Topliss-reactive ketones (excluding diaryl/α,β-unsaturated/α-hetero) is 1. The van der Waals surface area contributed by atoms with Crippen LogP contribution in [0.25, 0.3) is 0 Å². The average Bonchev–Trinajstić information content (AvgIpc) is 2.12. The molecule has 0 heterocycles. The van der Waals surface area contributed by atoms with E-state index in [1.807, 2.05) is 6.92 Å². The lowest BCUT2D eigenvalue weighted by atomic mass is 10.3. The smallest absolute Gasteiger partial charge is 0.317 e. The SMILES string of the molecule is CCCNC(=O)CN(CC(C)=O)CC(=O)O. The highest BCUT2D eigenvalue weighted by Crippen LogP contribution is 1.89. The predicted molar refractivity (Wildman–Crippen MR) is 58.1 cm³/mol. The molecule has 0 saturated carbocycles. The molecule has 0 aliphatic carbocycles. The number of carboxylic acids is 1. The fraction of sp³-hybridized carbons (Fsp3) is 0.700. The first-order valence-corrected chi connectivity index (χ1v) is 5.16. The third kappa shape index (κ3) is 7.93. The summed E-state index contributed by atoms with van der Waals surface area (Å²) in [6.45, 7) is 3.44. The summed E-state index contributed by atoms with van der Waals surface area (Å²) in [5, 5.41) is 11.2. The molecule has 0 bridgehead atoms. The van der Waals surface area contributed by atoms with Crippen molar-refractivity contribution in [1.29, 1.82) is 0 Å². The summed E-state index contributed by atoms with van der Waals surface area (Å²) < 4.78 is 0. The number of nitrogens with one attached hydrogen (secondary N) is 1. The van der Waals surface area contributed by atoms with Gasteiger partial charge in [0, 0.05) is 6.54 Å². The van der Waals surface area contributed by atoms with E-state index < -0.39 is 5.97 Å². The average molecular weight is 230 g/mol. The largest absolute Gasteiger partial charge is 0.480 e. The van der Waals surface area contributed by atoms with Crippen molar-refractivity contribution in [1.82, 2.24) is 10.2 Å². The van der Waals surface area contributed by atoms with Crippen LogP contribution in [0.2, 0.25) is 0 Å².